The van der Waals surface area contributed by atoms with Crippen molar-refractivity contribution in [3.63, 3.8) is 0 Å². The highest BCUT2D eigenvalue weighted by molar-refractivity contribution is 5.97. The summed E-state index contributed by atoms with van der Waals surface area (Å²) in [6, 6.07) is 2.13. The molecule has 0 amide bonds. The number of H-pyrrole nitrogens is 1. The first-order valence-corrected chi connectivity index (χ1v) is 8.79. The number of pyridine rings is 1. The first kappa shape index (κ1) is 18.6. The Balaban J connectivity index is 1.71. The van der Waals surface area contributed by atoms with Crippen LogP contribution in [-0.4, -0.2) is 25.6 Å². The maximum atomic E-state index is 8.02. The molecule has 0 atom stereocenters. The van der Waals surface area contributed by atoms with Crippen molar-refractivity contribution >= 4 is 22.7 Å². The van der Waals surface area contributed by atoms with E-state index in [1.54, 1.807) is 18.5 Å². The van der Waals surface area contributed by atoms with E-state index >= 15 is 0 Å². The van der Waals surface area contributed by atoms with E-state index in [0.29, 0.717) is 23.9 Å². The molecular formula is C20H25N7. The van der Waals surface area contributed by atoms with E-state index in [2.05, 4.69) is 31.3 Å². The summed E-state index contributed by atoms with van der Waals surface area (Å²) >= 11 is 0. The van der Waals surface area contributed by atoms with Gasteiger partial charge in [0.25, 0.3) is 0 Å². The van der Waals surface area contributed by atoms with Crippen LogP contribution in [0.25, 0.3) is 11.0 Å². The number of nitrogens with zero attached hydrogens (tertiary/aromatic N) is 3. The van der Waals surface area contributed by atoms with Crippen molar-refractivity contribution in [2.45, 2.75) is 34.1 Å². The average molecular weight is 363 g/mol. The Morgan fingerprint density at radius 2 is 1.93 bits per heavy atom. The molecule has 0 spiro atoms. The highest BCUT2D eigenvalue weighted by Gasteiger charge is 2.15. The fourth-order valence-corrected chi connectivity index (χ4v) is 2.58. The summed E-state index contributed by atoms with van der Waals surface area (Å²) in [7, 11) is 0. The number of hydrogen-bond donors (Lipinski definition) is 4. The van der Waals surface area contributed by atoms with Crippen molar-refractivity contribution in [1.82, 2.24) is 19.9 Å². The minimum atomic E-state index is -0.260. The van der Waals surface area contributed by atoms with Gasteiger partial charge in [-0.1, -0.05) is 20.8 Å². The second-order valence-electron chi connectivity index (χ2n) is 7.70. The fraction of sp³-hybridized carbons (Fsp3) is 0.300. The Labute approximate surface area is 158 Å². The van der Waals surface area contributed by atoms with Crippen LogP contribution in [0.1, 0.15) is 37.5 Å². The highest BCUT2D eigenvalue weighted by Crippen LogP contribution is 2.20. The molecule has 0 aromatic carbocycles. The quantitative estimate of drug-likeness (QED) is 0.517. The lowest BCUT2D eigenvalue weighted by molar-refractivity contribution is 0.590. The molecular weight excluding hydrogens is 338 g/mol. The zero-order valence-corrected chi connectivity index (χ0v) is 16.1. The lowest BCUT2D eigenvalue weighted by atomic mass is 9.90. The smallest absolute Gasteiger partial charge is 0.228 e. The molecule has 0 unspecified atom stereocenters. The molecule has 27 heavy (non-hydrogen) atoms. The van der Waals surface area contributed by atoms with Crippen LogP contribution in [0.3, 0.4) is 0 Å². The third-order valence-electron chi connectivity index (χ3n) is 4.22. The highest BCUT2D eigenvalue weighted by atomic mass is 15.1. The van der Waals surface area contributed by atoms with Crippen LogP contribution in [0.4, 0.5) is 5.95 Å². The van der Waals surface area contributed by atoms with Crippen LogP contribution < -0.4 is 11.1 Å². The van der Waals surface area contributed by atoms with Crippen molar-refractivity contribution < 1.29 is 0 Å². The zero-order chi connectivity index (χ0) is 19.6. The van der Waals surface area contributed by atoms with E-state index in [4.69, 9.17) is 11.1 Å². The van der Waals surface area contributed by atoms with Gasteiger partial charge in [0.1, 0.15) is 11.5 Å². The number of aromatic amines is 1. The summed E-state index contributed by atoms with van der Waals surface area (Å²) in [6.07, 6.45) is 9.69. The minimum absolute atomic E-state index is 0.260. The maximum absolute atomic E-state index is 8.02. The topological polar surface area (TPSA) is 116 Å². The SMILES string of the molecule is Cc1cnc2[nH]cc(Cc3cnc(N/C(N)=C/C(=N)C(C)(C)C)nc3)c2c1. The Bertz CT molecular complexity index is 991. The number of allylic oxidation sites excluding steroid dienone is 1. The van der Waals surface area contributed by atoms with Gasteiger partial charge in [-0.25, -0.2) is 15.0 Å². The van der Waals surface area contributed by atoms with Crippen molar-refractivity contribution in [2.75, 3.05) is 5.32 Å². The molecule has 3 rings (SSSR count). The molecule has 0 aliphatic carbocycles. The summed E-state index contributed by atoms with van der Waals surface area (Å²) in [5, 5.41) is 12.1. The summed E-state index contributed by atoms with van der Waals surface area (Å²) in [4.78, 5) is 16.2. The van der Waals surface area contributed by atoms with Gasteiger partial charge in [0.2, 0.25) is 5.95 Å². The van der Waals surface area contributed by atoms with E-state index < -0.39 is 0 Å². The summed E-state index contributed by atoms with van der Waals surface area (Å²) < 4.78 is 0. The number of aryl methyl sites for hydroxylation is 1. The Kier molecular flexibility index (Phi) is 4.94. The normalized spacial score (nSPS) is 12.4. The number of anilines is 1. The van der Waals surface area contributed by atoms with Gasteiger partial charge in [-0.15, -0.1) is 0 Å². The van der Waals surface area contributed by atoms with Gasteiger partial charge in [0.05, 0.1) is 0 Å². The molecule has 0 saturated heterocycles. The fourth-order valence-electron chi connectivity index (χ4n) is 2.58. The van der Waals surface area contributed by atoms with Crippen LogP contribution in [0.5, 0.6) is 0 Å². The van der Waals surface area contributed by atoms with E-state index in [0.717, 1.165) is 27.7 Å². The van der Waals surface area contributed by atoms with Gasteiger partial charge in [0.15, 0.2) is 0 Å². The van der Waals surface area contributed by atoms with E-state index in [1.807, 2.05) is 40.1 Å². The van der Waals surface area contributed by atoms with Crippen LogP contribution in [0, 0.1) is 17.7 Å². The Morgan fingerprint density at radius 1 is 1.22 bits per heavy atom. The standard InChI is InChI=1S/C20H25N7/c1-12-5-15-14(11-24-18(15)23-8-12)6-13-9-25-19(26-10-13)27-17(22)7-16(21)20(2,3)4/h5,7-11,21H,6,22H2,1-4H3,(H,23,24)(H,25,26,27)/b17-7+,21-16?. The first-order valence-electron chi connectivity index (χ1n) is 8.79. The molecule has 0 radical (unpaired) electrons. The lowest BCUT2D eigenvalue weighted by Gasteiger charge is -2.17. The van der Waals surface area contributed by atoms with Crippen LogP contribution in [0.15, 0.2) is 42.8 Å². The van der Waals surface area contributed by atoms with Crippen molar-refractivity contribution in [2.24, 2.45) is 11.1 Å². The largest absolute Gasteiger partial charge is 0.385 e. The van der Waals surface area contributed by atoms with Gasteiger partial charge in [-0.3, -0.25) is 0 Å². The van der Waals surface area contributed by atoms with Gasteiger partial charge in [-0.2, -0.15) is 0 Å². The van der Waals surface area contributed by atoms with E-state index in [-0.39, 0.29) is 5.41 Å². The summed E-state index contributed by atoms with van der Waals surface area (Å²) in [5.41, 5.74) is 10.3. The Morgan fingerprint density at radius 3 is 2.59 bits per heavy atom. The second kappa shape index (κ2) is 7.19. The number of nitrogens with two attached hydrogens (primary N) is 1. The molecule has 0 aliphatic rings. The van der Waals surface area contributed by atoms with Gasteiger partial charge >= 0.3 is 0 Å². The number of aromatic nitrogens is 4. The van der Waals surface area contributed by atoms with Crippen LogP contribution in [0.2, 0.25) is 0 Å². The predicted molar refractivity (Wildman–Crippen MR) is 109 cm³/mol. The molecule has 140 valence electrons. The van der Waals surface area contributed by atoms with Crippen LogP contribution in [-0.2, 0) is 6.42 Å². The summed E-state index contributed by atoms with van der Waals surface area (Å²) in [6.45, 7) is 7.93. The molecule has 3 heterocycles. The Hall–Kier alpha value is -3.22. The molecule has 7 nitrogen and oxygen atoms in total. The van der Waals surface area contributed by atoms with Crippen molar-refractivity contribution in [3.05, 3.63) is 59.4 Å². The molecule has 7 heteroatoms. The third-order valence-corrected chi connectivity index (χ3v) is 4.22. The molecule has 5 N–H and O–H groups in total. The van der Waals surface area contributed by atoms with Crippen molar-refractivity contribution in [3.8, 4) is 0 Å². The number of hydrogen-bond acceptors (Lipinski definition) is 6. The summed E-state index contributed by atoms with van der Waals surface area (Å²) in [5.74, 6) is 0.756. The molecule has 3 aromatic rings. The molecule has 0 bridgehead atoms. The lowest BCUT2D eigenvalue weighted by Crippen LogP contribution is -2.21. The maximum Gasteiger partial charge on any atom is 0.228 e. The number of rotatable bonds is 5. The van der Waals surface area contributed by atoms with Gasteiger partial charge in [0, 0.05) is 47.7 Å². The van der Waals surface area contributed by atoms with Gasteiger partial charge < -0.3 is 21.4 Å². The third kappa shape index (κ3) is 4.49. The van der Waals surface area contributed by atoms with Crippen molar-refractivity contribution in [1.29, 1.82) is 5.41 Å². The van der Waals surface area contributed by atoms with E-state index in [9.17, 15) is 0 Å². The van der Waals surface area contributed by atoms with Gasteiger partial charge in [-0.05, 0) is 35.8 Å². The monoisotopic (exact) mass is 363 g/mol. The average Bonchev–Trinajstić information content (AvgIpc) is 2.98. The zero-order valence-electron chi connectivity index (χ0n) is 16.1. The number of nitrogens with one attached hydrogen (secondary N) is 3. The van der Waals surface area contributed by atoms with Crippen LogP contribution >= 0.6 is 0 Å². The predicted octanol–water partition coefficient (Wildman–Crippen LogP) is 3.53. The molecule has 0 aliphatic heterocycles. The minimum Gasteiger partial charge on any atom is -0.385 e. The molecule has 3 aromatic heterocycles. The first-order chi connectivity index (χ1) is 12.7. The number of fused-ring (bicyclic) bond motifs is 1. The molecule has 0 fully saturated rings. The molecule has 0 saturated carbocycles. The van der Waals surface area contributed by atoms with E-state index in [1.165, 1.54) is 0 Å². The second-order valence-corrected chi connectivity index (χ2v) is 7.70.